The maximum atomic E-state index is 12.5. The van der Waals surface area contributed by atoms with Gasteiger partial charge in [-0.1, -0.05) is 18.2 Å². The largest absolute Gasteiger partial charge is 0.416 e. The molecule has 3 rings (SSSR count). The summed E-state index contributed by atoms with van der Waals surface area (Å²) in [4.78, 5) is 29.3. The summed E-state index contributed by atoms with van der Waals surface area (Å²) in [6.07, 6.45) is -2.01. The normalized spacial score (nSPS) is 17.0. The van der Waals surface area contributed by atoms with Crippen LogP contribution in [0.4, 0.5) is 18.0 Å². The number of nitrogens with one attached hydrogen (secondary N) is 1. The number of hydrogen-bond acceptors (Lipinski definition) is 3. The van der Waals surface area contributed by atoms with E-state index in [0.29, 0.717) is 12.0 Å². The van der Waals surface area contributed by atoms with Gasteiger partial charge in [-0.15, -0.1) is 0 Å². The Morgan fingerprint density at radius 3 is 2.50 bits per heavy atom. The summed E-state index contributed by atoms with van der Waals surface area (Å²) in [5, 5.41) is 2.57. The number of pyridine rings is 1. The van der Waals surface area contributed by atoms with Crippen molar-refractivity contribution in [2.45, 2.75) is 31.6 Å². The molecule has 0 saturated carbocycles. The molecule has 5 nitrogen and oxygen atoms in total. The van der Waals surface area contributed by atoms with Crippen LogP contribution in [0.1, 0.15) is 23.2 Å². The van der Waals surface area contributed by atoms with E-state index in [1.165, 1.54) is 12.1 Å². The highest BCUT2D eigenvalue weighted by Gasteiger charge is 2.40. The van der Waals surface area contributed by atoms with Crippen LogP contribution in [0.5, 0.6) is 0 Å². The average molecular weight is 363 g/mol. The number of β-lactam (4-membered cyclic amide) rings is 1. The molecule has 1 aromatic carbocycles. The lowest BCUT2D eigenvalue weighted by Crippen LogP contribution is -2.59. The highest BCUT2D eigenvalue weighted by Crippen LogP contribution is 2.29. The molecular formula is C18H16F3N3O2. The van der Waals surface area contributed by atoms with Gasteiger partial charge in [0.05, 0.1) is 11.6 Å². The fraction of sp³-hybridized carbons (Fsp3) is 0.278. The van der Waals surface area contributed by atoms with Gasteiger partial charge in [0.15, 0.2) is 0 Å². The molecule has 2 heterocycles. The number of urea groups is 1. The van der Waals surface area contributed by atoms with Crippen molar-refractivity contribution in [1.82, 2.24) is 15.2 Å². The molecule has 136 valence electrons. The lowest BCUT2D eigenvalue weighted by molar-refractivity contribution is -0.140. The van der Waals surface area contributed by atoms with Crippen LogP contribution in [0.2, 0.25) is 0 Å². The molecule has 3 amide bonds. The van der Waals surface area contributed by atoms with Crippen LogP contribution in [0.25, 0.3) is 0 Å². The molecular weight excluding hydrogens is 347 g/mol. The van der Waals surface area contributed by atoms with Gasteiger partial charge in [0.2, 0.25) is 5.91 Å². The second kappa shape index (κ2) is 7.15. The van der Waals surface area contributed by atoms with Gasteiger partial charge < -0.3 is 5.32 Å². The molecule has 1 aliphatic heterocycles. The predicted octanol–water partition coefficient (Wildman–Crippen LogP) is 3.15. The van der Waals surface area contributed by atoms with Crippen molar-refractivity contribution >= 4 is 11.9 Å². The van der Waals surface area contributed by atoms with E-state index in [1.54, 1.807) is 12.3 Å². The molecule has 1 N–H and O–H groups in total. The maximum absolute atomic E-state index is 12.5. The van der Waals surface area contributed by atoms with Crippen LogP contribution in [0.15, 0.2) is 48.7 Å². The standard InChI is InChI=1S/C18H16F3N3O2/c19-18(20,21)13-6-4-12(5-7-13)11-23-17(26)24-15(10-16(24)25)9-14-3-1-2-8-22-14/h1-8,15H,9-11H2,(H,23,26)/t15-/m0/s1. The van der Waals surface area contributed by atoms with Gasteiger partial charge in [-0.2, -0.15) is 13.2 Å². The number of aromatic nitrogens is 1. The van der Waals surface area contributed by atoms with Crippen LogP contribution < -0.4 is 5.32 Å². The Morgan fingerprint density at radius 2 is 1.92 bits per heavy atom. The number of benzene rings is 1. The van der Waals surface area contributed by atoms with E-state index < -0.39 is 17.8 Å². The third-order valence-electron chi connectivity index (χ3n) is 4.16. The van der Waals surface area contributed by atoms with Crippen molar-refractivity contribution in [1.29, 1.82) is 0 Å². The van der Waals surface area contributed by atoms with E-state index in [4.69, 9.17) is 0 Å². The number of carbonyl (C=O) groups is 2. The van der Waals surface area contributed by atoms with E-state index in [1.807, 2.05) is 12.1 Å². The molecule has 8 heteroatoms. The van der Waals surface area contributed by atoms with E-state index in [-0.39, 0.29) is 24.9 Å². The number of rotatable bonds is 4. The predicted molar refractivity (Wildman–Crippen MR) is 86.9 cm³/mol. The summed E-state index contributed by atoms with van der Waals surface area (Å²) in [5.41, 5.74) is 0.548. The Balaban J connectivity index is 1.56. The average Bonchev–Trinajstić information content (AvgIpc) is 2.60. The van der Waals surface area contributed by atoms with Crippen LogP contribution in [0.3, 0.4) is 0 Å². The molecule has 1 aromatic heterocycles. The molecule has 0 bridgehead atoms. The molecule has 1 fully saturated rings. The van der Waals surface area contributed by atoms with Crippen LogP contribution >= 0.6 is 0 Å². The zero-order chi connectivity index (χ0) is 18.7. The lowest BCUT2D eigenvalue weighted by atomic mass is 9.97. The van der Waals surface area contributed by atoms with E-state index in [9.17, 15) is 22.8 Å². The molecule has 0 radical (unpaired) electrons. The van der Waals surface area contributed by atoms with E-state index >= 15 is 0 Å². The first-order chi connectivity index (χ1) is 12.3. The molecule has 1 saturated heterocycles. The highest BCUT2D eigenvalue weighted by molar-refractivity contribution is 5.99. The van der Waals surface area contributed by atoms with Crippen molar-refractivity contribution in [2.24, 2.45) is 0 Å². The fourth-order valence-corrected chi connectivity index (χ4v) is 2.76. The number of halogens is 3. The van der Waals surface area contributed by atoms with Crippen LogP contribution in [-0.2, 0) is 23.9 Å². The molecule has 26 heavy (non-hydrogen) atoms. The van der Waals surface area contributed by atoms with Crippen LogP contribution in [0, 0.1) is 0 Å². The third-order valence-corrected chi connectivity index (χ3v) is 4.16. The number of carbonyl (C=O) groups excluding carboxylic acids is 2. The van der Waals surface area contributed by atoms with Crippen molar-refractivity contribution in [3.05, 3.63) is 65.5 Å². The molecule has 1 atom stereocenters. The number of nitrogens with zero attached hydrogens (tertiary/aromatic N) is 2. The Labute approximate surface area is 147 Å². The van der Waals surface area contributed by atoms with E-state index in [0.717, 1.165) is 22.7 Å². The summed E-state index contributed by atoms with van der Waals surface area (Å²) < 4.78 is 37.6. The second-order valence-electron chi connectivity index (χ2n) is 6.00. The number of amides is 3. The number of alkyl halides is 3. The minimum absolute atomic E-state index is 0.0387. The minimum atomic E-state index is -4.40. The van der Waals surface area contributed by atoms with Gasteiger partial charge >= 0.3 is 12.2 Å². The van der Waals surface area contributed by atoms with Gasteiger partial charge in [-0.05, 0) is 29.8 Å². The molecule has 0 spiro atoms. The highest BCUT2D eigenvalue weighted by atomic mass is 19.4. The lowest BCUT2D eigenvalue weighted by Gasteiger charge is -2.38. The monoisotopic (exact) mass is 363 g/mol. The third kappa shape index (κ3) is 4.01. The first kappa shape index (κ1) is 17.9. The van der Waals surface area contributed by atoms with Gasteiger partial charge in [-0.3, -0.25) is 14.7 Å². The number of hydrogen-bond donors (Lipinski definition) is 1. The summed E-state index contributed by atoms with van der Waals surface area (Å²) >= 11 is 0. The SMILES string of the molecule is O=C1C[C@H](Cc2ccccn2)N1C(=O)NCc1ccc(C(F)(F)F)cc1. The van der Waals surface area contributed by atoms with Gasteiger partial charge in [0, 0.05) is 31.3 Å². The first-order valence-corrected chi connectivity index (χ1v) is 8.00. The van der Waals surface area contributed by atoms with Gasteiger partial charge in [-0.25, -0.2) is 4.79 Å². The number of likely N-dealkylation sites (tertiary alicyclic amines) is 1. The van der Waals surface area contributed by atoms with Crippen molar-refractivity contribution < 1.29 is 22.8 Å². The smallest absolute Gasteiger partial charge is 0.334 e. The van der Waals surface area contributed by atoms with Gasteiger partial charge in [0.25, 0.3) is 0 Å². The molecule has 1 aliphatic rings. The minimum Gasteiger partial charge on any atom is -0.334 e. The Morgan fingerprint density at radius 1 is 1.19 bits per heavy atom. The van der Waals surface area contributed by atoms with Crippen molar-refractivity contribution in [2.75, 3.05) is 0 Å². The fourth-order valence-electron chi connectivity index (χ4n) is 2.76. The van der Waals surface area contributed by atoms with Crippen molar-refractivity contribution in [3.8, 4) is 0 Å². The maximum Gasteiger partial charge on any atom is 0.416 e. The van der Waals surface area contributed by atoms with E-state index in [2.05, 4.69) is 10.3 Å². The molecule has 0 aliphatic carbocycles. The molecule has 0 unspecified atom stereocenters. The van der Waals surface area contributed by atoms with Gasteiger partial charge in [0.1, 0.15) is 0 Å². The second-order valence-corrected chi connectivity index (χ2v) is 6.00. The number of imide groups is 1. The first-order valence-electron chi connectivity index (χ1n) is 8.00. The Hall–Kier alpha value is -2.90. The Kier molecular flexibility index (Phi) is 4.92. The van der Waals surface area contributed by atoms with Crippen molar-refractivity contribution in [3.63, 3.8) is 0 Å². The summed E-state index contributed by atoms with van der Waals surface area (Å²) in [5.74, 6) is -0.282. The summed E-state index contributed by atoms with van der Waals surface area (Å²) in [7, 11) is 0. The van der Waals surface area contributed by atoms with Crippen LogP contribution in [-0.4, -0.2) is 27.9 Å². The zero-order valence-electron chi connectivity index (χ0n) is 13.7. The quantitative estimate of drug-likeness (QED) is 0.849. The Bertz CT molecular complexity index is 792. The topological polar surface area (TPSA) is 62.3 Å². The summed E-state index contributed by atoms with van der Waals surface area (Å²) in [6.45, 7) is 0.0387. The summed E-state index contributed by atoms with van der Waals surface area (Å²) in [6, 6.07) is 9.13. The molecule has 2 aromatic rings. The zero-order valence-corrected chi connectivity index (χ0v) is 13.7.